The summed E-state index contributed by atoms with van der Waals surface area (Å²) < 4.78 is 18.8. The molecule has 0 aliphatic carbocycles. The molecule has 0 aliphatic rings. The van der Waals surface area contributed by atoms with Gasteiger partial charge < -0.3 is 21.5 Å². The Kier molecular flexibility index (Phi) is 4.84. The first-order chi connectivity index (χ1) is 7.97. The predicted octanol–water partition coefficient (Wildman–Crippen LogP) is 2.34. The number of ether oxygens (including phenoxy) is 1. The van der Waals surface area contributed by atoms with Gasteiger partial charge in [-0.2, -0.15) is 0 Å². The Morgan fingerprint density at radius 1 is 1.47 bits per heavy atom. The number of benzene rings is 1. The van der Waals surface area contributed by atoms with Crippen LogP contribution in [0.1, 0.15) is 6.92 Å². The average molecular weight is 262 g/mol. The molecule has 1 aromatic carbocycles. The van der Waals surface area contributed by atoms with Crippen molar-refractivity contribution >= 4 is 28.7 Å². The maximum Gasteiger partial charge on any atom is 0.169 e. The predicted molar refractivity (Wildman–Crippen MR) is 69.8 cm³/mol. The zero-order valence-corrected chi connectivity index (χ0v) is 10.6. The lowest BCUT2D eigenvalue weighted by atomic mass is 10.1. The molecule has 96 valence electrons. The fraction of sp³-hybridized carbons (Fsp3) is 0.455. The molecule has 5 N–H and O–H groups in total. The van der Waals surface area contributed by atoms with Gasteiger partial charge in [-0.05, 0) is 12.0 Å². The third kappa shape index (κ3) is 3.38. The Balaban J connectivity index is 2.81. The highest BCUT2D eigenvalue weighted by Gasteiger charge is 2.14. The van der Waals surface area contributed by atoms with Crippen molar-refractivity contribution in [2.24, 2.45) is 5.92 Å². The molecule has 0 bridgehead atoms. The maximum absolute atomic E-state index is 13.8. The standard InChI is InChI=1S/C11H17ClFN3O/c1-6(5-17-2)4-16-11-8(15)3-7(14)9(12)10(11)13/h3,6,16H,4-5,14-15H2,1-2H3. The highest BCUT2D eigenvalue weighted by Crippen LogP contribution is 2.33. The van der Waals surface area contributed by atoms with E-state index >= 15 is 0 Å². The van der Waals surface area contributed by atoms with Crippen LogP contribution in [0.5, 0.6) is 0 Å². The summed E-state index contributed by atoms with van der Waals surface area (Å²) in [4.78, 5) is 0. The number of rotatable bonds is 5. The molecule has 0 saturated carbocycles. The summed E-state index contributed by atoms with van der Waals surface area (Å²) in [6.07, 6.45) is 0. The number of nitrogens with one attached hydrogen (secondary N) is 1. The topological polar surface area (TPSA) is 73.3 Å². The van der Waals surface area contributed by atoms with E-state index in [1.54, 1.807) is 7.11 Å². The van der Waals surface area contributed by atoms with Gasteiger partial charge in [0, 0.05) is 13.7 Å². The van der Waals surface area contributed by atoms with E-state index in [0.717, 1.165) is 0 Å². The summed E-state index contributed by atoms with van der Waals surface area (Å²) in [7, 11) is 1.62. The molecule has 1 atom stereocenters. The van der Waals surface area contributed by atoms with Gasteiger partial charge in [0.15, 0.2) is 5.82 Å². The molecule has 0 radical (unpaired) electrons. The molecule has 1 rings (SSSR count). The Labute approximate surface area is 105 Å². The average Bonchev–Trinajstić information content (AvgIpc) is 2.26. The van der Waals surface area contributed by atoms with Crippen molar-refractivity contribution in [3.8, 4) is 0 Å². The molecule has 0 aromatic heterocycles. The van der Waals surface area contributed by atoms with E-state index < -0.39 is 5.82 Å². The van der Waals surface area contributed by atoms with Gasteiger partial charge in [-0.15, -0.1) is 0 Å². The summed E-state index contributed by atoms with van der Waals surface area (Å²) in [5.74, 6) is -0.385. The molecule has 1 unspecified atom stereocenters. The number of halogens is 2. The summed E-state index contributed by atoms with van der Waals surface area (Å²) in [5, 5.41) is 2.80. The third-order valence-corrected chi connectivity index (χ3v) is 2.73. The van der Waals surface area contributed by atoms with Crippen LogP contribution in [-0.2, 0) is 4.74 Å². The normalized spacial score (nSPS) is 12.5. The first-order valence-electron chi connectivity index (χ1n) is 5.23. The van der Waals surface area contributed by atoms with Gasteiger partial charge in [0.2, 0.25) is 0 Å². The number of nitrogen functional groups attached to an aromatic ring is 2. The van der Waals surface area contributed by atoms with Crippen LogP contribution in [0.3, 0.4) is 0 Å². The Bertz CT molecular complexity index is 401. The van der Waals surface area contributed by atoms with E-state index in [2.05, 4.69) is 5.32 Å². The van der Waals surface area contributed by atoms with Crippen LogP contribution in [0.25, 0.3) is 0 Å². The highest BCUT2D eigenvalue weighted by molar-refractivity contribution is 6.33. The number of methoxy groups -OCH3 is 1. The summed E-state index contributed by atoms with van der Waals surface area (Å²) >= 11 is 5.71. The monoisotopic (exact) mass is 261 g/mol. The van der Waals surface area contributed by atoms with Crippen LogP contribution >= 0.6 is 11.6 Å². The van der Waals surface area contributed by atoms with E-state index in [-0.39, 0.29) is 28.0 Å². The van der Waals surface area contributed by atoms with Crippen molar-refractivity contribution in [2.45, 2.75) is 6.92 Å². The summed E-state index contributed by atoms with van der Waals surface area (Å²) in [5.41, 5.74) is 11.7. The Morgan fingerprint density at radius 3 is 2.71 bits per heavy atom. The van der Waals surface area contributed by atoms with E-state index in [0.29, 0.717) is 13.2 Å². The molecule has 0 amide bonds. The molecular formula is C11H17ClFN3O. The first kappa shape index (κ1) is 13.9. The minimum absolute atomic E-state index is 0.110. The Hall–Kier alpha value is -1.20. The van der Waals surface area contributed by atoms with E-state index in [1.165, 1.54) is 6.07 Å². The van der Waals surface area contributed by atoms with Crippen molar-refractivity contribution in [2.75, 3.05) is 37.0 Å². The molecule has 6 heteroatoms. The van der Waals surface area contributed by atoms with Crippen LogP contribution in [0, 0.1) is 11.7 Å². The van der Waals surface area contributed by atoms with Gasteiger partial charge in [-0.3, -0.25) is 0 Å². The molecular weight excluding hydrogens is 245 g/mol. The summed E-state index contributed by atoms with van der Waals surface area (Å²) in [6, 6.07) is 1.44. The minimum Gasteiger partial charge on any atom is -0.397 e. The number of nitrogens with two attached hydrogens (primary N) is 2. The molecule has 4 nitrogen and oxygen atoms in total. The van der Waals surface area contributed by atoms with Gasteiger partial charge in [0.1, 0.15) is 5.02 Å². The third-order valence-electron chi connectivity index (χ3n) is 2.34. The second-order valence-corrected chi connectivity index (χ2v) is 4.38. The lowest BCUT2D eigenvalue weighted by molar-refractivity contribution is 0.164. The minimum atomic E-state index is -0.617. The zero-order chi connectivity index (χ0) is 13.0. The smallest absolute Gasteiger partial charge is 0.169 e. The lowest BCUT2D eigenvalue weighted by Gasteiger charge is -2.16. The number of hydrogen-bond acceptors (Lipinski definition) is 4. The molecule has 1 aromatic rings. The quantitative estimate of drug-likeness (QED) is 0.712. The largest absolute Gasteiger partial charge is 0.397 e. The van der Waals surface area contributed by atoms with Gasteiger partial charge in [0.05, 0.1) is 23.7 Å². The van der Waals surface area contributed by atoms with Crippen molar-refractivity contribution in [3.63, 3.8) is 0 Å². The molecule has 0 saturated heterocycles. The zero-order valence-electron chi connectivity index (χ0n) is 9.89. The van der Waals surface area contributed by atoms with Gasteiger partial charge in [-0.1, -0.05) is 18.5 Å². The second kappa shape index (κ2) is 5.93. The summed E-state index contributed by atoms with van der Waals surface area (Å²) in [6.45, 7) is 3.09. The van der Waals surface area contributed by atoms with Crippen LogP contribution in [0.2, 0.25) is 5.02 Å². The van der Waals surface area contributed by atoms with E-state index in [9.17, 15) is 4.39 Å². The molecule has 0 aliphatic heterocycles. The van der Waals surface area contributed by atoms with Crippen molar-refractivity contribution < 1.29 is 9.13 Å². The molecule has 17 heavy (non-hydrogen) atoms. The number of hydrogen-bond donors (Lipinski definition) is 3. The van der Waals surface area contributed by atoms with Gasteiger partial charge >= 0.3 is 0 Å². The Morgan fingerprint density at radius 2 is 2.12 bits per heavy atom. The number of anilines is 3. The van der Waals surface area contributed by atoms with E-state index in [4.69, 9.17) is 27.8 Å². The second-order valence-electron chi connectivity index (χ2n) is 4.00. The van der Waals surface area contributed by atoms with Crippen LogP contribution in [0.4, 0.5) is 21.5 Å². The lowest BCUT2D eigenvalue weighted by Crippen LogP contribution is -2.17. The van der Waals surface area contributed by atoms with Crippen molar-refractivity contribution in [1.29, 1.82) is 0 Å². The molecule has 0 heterocycles. The highest BCUT2D eigenvalue weighted by atomic mass is 35.5. The van der Waals surface area contributed by atoms with Crippen LogP contribution in [-0.4, -0.2) is 20.3 Å². The van der Waals surface area contributed by atoms with Crippen molar-refractivity contribution in [3.05, 3.63) is 16.9 Å². The first-order valence-corrected chi connectivity index (χ1v) is 5.60. The maximum atomic E-state index is 13.8. The van der Waals surface area contributed by atoms with E-state index in [1.807, 2.05) is 6.92 Å². The van der Waals surface area contributed by atoms with Crippen molar-refractivity contribution in [1.82, 2.24) is 0 Å². The van der Waals surface area contributed by atoms with Crippen LogP contribution < -0.4 is 16.8 Å². The van der Waals surface area contributed by atoms with Crippen LogP contribution in [0.15, 0.2) is 6.07 Å². The van der Waals surface area contributed by atoms with Gasteiger partial charge in [0.25, 0.3) is 0 Å². The molecule has 0 fully saturated rings. The fourth-order valence-electron chi connectivity index (χ4n) is 1.47. The molecule has 0 spiro atoms. The SMILES string of the molecule is COCC(C)CNc1c(N)cc(N)c(Cl)c1F. The van der Waals surface area contributed by atoms with Gasteiger partial charge in [-0.25, -0.2) is 4.39 Å². The fourth-order valence-corrected chi connectivity index (χ4v) is 1.61.